The molecule has 0 saturated heterocycles. The zero-order valence-electron chi connectivity index (χ0n) is 8.87. The highest BCUT2D eigenvalue weighted by Gasteiger charge is 2.43. The van der Waals surface area contributed by atoms with Crippen LogP contribution in [0.15, 0.2) is 18.2 Å². The van der Waals surface area contributed by atoms with Crippen molar-refractivity contribution in [3.8, 4) is 5.75 Å². The minimum atomic E-state index is -0.999. The zero-order valence-corrected chi connectivity index (χ0v) is 8.87. The molecule has 4 heteroatoms. The molecule has 0 radical (unpaired) electrons. The molecule has 1 aliphatic rings. The third-order valence-electron chi connectivity index (χ3n) is 2.62. The van der Waals surface area contributed by atoms with Crippen LogP contribution in [0.2, 0.25) is 0 Å². The van der Waals surface area contributed by atoms with E-state index in [1.165, 1.54) is 14.2 Å². The van der Waals surface area contributed by atoms with Crippen molar-refractivity contribution < 1.29 is 19.0 Å². The van der Waals surface area contributed by atoms with E-state index in [1.54, 1.807) is 25.1 Å². The van der Waals surface area contributed by atoms with Crippen LogP contribution in [0.4, 0.5) is 0 Å². The summed E-state index contributed by atoms with van der Waals surface area (Å²) in [7, 11) is 3.02. The predicted octanol–water partition coefficient (Wildman–Crippen LogP) is 1.68. The number of fused-ring (bicyclic) bond motifs is 1. The molecular formula is C11H12O4. The van der Waals surface area contributed by atoms with Crippen LogP contribution in [0.3, 0.4) is 0 Å². The molecule has 1 aliphatic heterocycles. The van der Waals surface area contributed by atoms with Gasteiger partial charge in [0.1, 0.15) is 11.3 Å². The van der Waals surface area contributed by atoms with Crippen LogP contribution >= 0.6 is 0 Å². The van der Waals surface area contributed by atoms with E-state index in [2.05, 4.69) is 0 Å². The van der Waals surface area contributed by atoms with Crippen molar-refractivity contribution in [2.24, 2.45) is 0 Å². The summed E-state index contributed by atoms with van der Waals surface area (Å²) >= 11 is 0. The molecule has 0 saturated carbocycles. The van der Waals surface area contributed by atoms with E-state index < -0.39 is 11.8 Å². The quantitative estimate of drug-likeness (QED) is 0.694. The van der Waals surface area contributed by atoms with Gasteiger partial charge in [0.15, 0.2) is 0 Å². The summed E-state index contributed by atoms with van der Waals surface area (Å²) < 4.78 is 15.5. The van der Waals surface area contributed by atoms with E-state index in [9.17, 15) is 4.79 Å². The van der Waals surface area contributed by atoms with Crippen LogP contribution in [0.5, 0.6) is 5.75 Å². The number of hydrogen-bond acceptors (Lipinski definition) is 4. The summed E-state index contributed by atoms with van der Waals surface area (Å²) in [6.07, 6.45) is 0. The van der Waals surface area contributed by atoms with Crippen molar-refractivity contribution in [3.05, 3.63) is 29.3 Å². The van der Waals surface area contributed by atoms with Crippen LogP contribution < -0.4 is 4.74 Å². The van der Waals surface area contributed by atoms with Crippen molar-refractivity contribution in [1.29, 1.82) is 0 Å². The molecule has 0 amide bonds. The summed E-state index contributed by atoms with van der Waals surface area (Å²) in [6.45, 7) is 1.70. The average Bonchev–Trinajstić information content (AvgIpc) is 2.52. The summed E-state index contributed by atoms with van der Waals surface area (Å²) in [5.41, 5.74) is 1.15. The van der Waals surface area contributed by atoms with E-state index in [1.807, 2.05) is 0 Å². The number of carbonyl (C=O) groups excluding carboxylic acids is 1. The lowest BCUT2D eigenvalue weighted by molar-refractivity contribution is -0.172. The molecule has 15 heavy (non-hydrogen) atoms. The molecule has 1 atom stereocenters. The number of cyclic esters (lactones) is 1. The average molecular weight is 208 g/mol. The van der Waals surface area contributed by atoms with Gasteiger partial charge in [0.2, 0.25) is 5.79 Å². The second-order valence-electron chi connectivity index (χ2n) is 3.42. The van der Waals surface area contributed by atoms with Crippen LogP contribution in [-0.2, 0) is 15.3 Å². The SMILES string of the molecule is COc1cccc2c1C(=O)OC2(C)OC. The third kappa shape index (κ3) is 1.29. The van der Waals surface area contributed by atoms with Gasteiger partial charge in [-0.15, -0.1) is 0 Å². The van der Waals surface area contributed by atoms with Gasteiger partial charge in [-0.1, -0.05) is 12.1 Å². The first-order chi connectivity index (χ1) is 7.12. The fourth-order valence-electron chi connectivity index (χ4n) is 1.72. The molecule has 80 valence electrons. The highest BCUT2D eigenvalue weighted by molar-refractivity contribution is 5.97. The Balaban J connectivity index is 2.64. The molecule has 0 aliphatic carbocycles. The van der Waals surface area contributed by atoms with E-state index in [4.69, 9.17) is 14.2 Å². The lowest BCUT2D eigenvalue weighted by atomic mass is 10.0. The normalized spacial score (nSPS) is 23.5. The summed E-state index contributed by atoms with van der Waals surface area (Å²) in [5, 5.41) is 0. The van der Waals surface area contributed by atoms with Gasteiger partial charge in [-0.2, -0.15) is 0 Å². The molecule has 4 nitrogen and oxygen atoms in total. The molecule has 0 N–H and O–H groups in total. The molecule has 1 heterocycles. The van der Waals surface area contributed by atoms with E-state index in [0.717, 1.165) is 0 Å². The number of ether oxygens (including phenoxy) is 3. The standard InChI is InChI=1S/C11H12O4/c1-11(14-3)7-5-4-6-8(13-2)9(7)10(12)15-11/h4-6H,1-3H3. The van der Waals surface area contributed by atoms with E-state index in [0.29, 0.717) is 16.9 Å². The number of carbonyl (C=O) groups is 1. The Bertz CT molecular complexity index is 413. The number of hydrogen-bond donors (Lipinski definition) is 0. The number of methoxy groups -OCH3 is 2. The Labute approximate surface area is 87.8 Å². The first-order valence-corrected chi connectivity index (χ1v) is 4.58. The number of benzene rings is 1. The van der Waals surface area contributed by atoms with Gasteiger partial charge >= 0.3 is 5.97 Å². The topological polar surface area (TPSA) is 44.8 Å². The minimum Gasteiger partial charge on any atom is -0.496 e. The highest BCUT2D eigenvalue weighted by Crippen LogP contribution is 2.40. The number of rotatable bonds is 2. The summed E-state index contributed by atoms with van der Waals surface area (Å²) in [5.74, 6) is -0.897. The van der Waals surface area contributed by atoms with E-state index >= 15 is 0 Å². The molecule has 2 rings (SSSR count). The summed E-state index contributed by atoms with van der Waals surface area (Å²) in [6, 6.07) is 5.32. The Morgan fingerprint density at radius 3 is 2.67 bits per heavy atom. The molecule has 0 fully saturated rings. The monoisotopic (exact) mass is 208 g/mol. The van der Waals surface area contributed by atoms with Crippen LogP contribution in [-0.4, -0.2) is 20.2 Å². The maximum absolute atomic E-state index is 11.6. The molecule has 0 bridgehead atoms. The minimum absolute atomic E-state index is 0.410. The van der Waals surface area contributed by atoms with Crippen LogP contribution in [0.1, 0.15) is 22.8 Å². The van der Waals surface area contributed by atoms with Gasteiger partial charge in [-0.05, 0) is 6.07 Å². The third-order valence-corrected chi connectivity index (χ3v) is 2.62. The van der Waals surface area contributed by atoms with Crippen molar-refractivity contribution in [2.45, 2.75) is 12.7 Å². The molecule has 1 aromatic rings. The molecule has 0 aromatic heterocycles. The van der Waals surface area contributed by atoms with Crippen molar-refractivity contribution in [2.75, 3.05) is 14.2 Å². The van der Waals surface area contributed by atoms with Gasteiger partial charge < -0.3 is 14.2 Å². The molecule has 1 unspecified atom stereocenters. The Hall–Kier alpha value is -1.55. The smallest absolute Gasteiger partial charge is 0.345 e. The van der Waals surface area contributed by atoms with Gasteiger partial charge in [0.05, 0.1) is 7.11 Å². The first-order valence-electron chi connectivity index (χ1n) is 4.58. The lowest BCUT2D eigenvalue weighted by Gasteiger charge is -2.21. The predicted molar refractivity (Wildman–Crippen MR) is 52.8 cm³/mol. The maximum atomic E-state index is 11.6. The van der Waals surface area contributed by atoms with E-state index in [-0.39, 0.29) is 0 Å². The van der Waals surface area contributed by atoms with Gasteiger partial charge in [0.25, 0.3) is 0 Å². The highest BCUT2D eigenvalue weighted by atomic mass is 16.7. The molecular weight excluding hydrogens is 196 g/mol. The fraction of sp³-hybridized carbons (Fsp3) is 0.364. The van der Waals surface area contributed by atoms with Crippen molar-refractivity contribution >= 4 is 5.97 Å². The largest absolute Gasteiger partial charge is 0.496 e. The van der Waals surface area contributed by atoms with Crippen LogP contribution in [0.25, 0.3) is 0 Å². The van der Waals surface area contributed by atoms with Crippen molar-refractivity contribution in [3.63, 3.8) is 0 Å². The lowest BCUT2D eigenvalue weighted by Crippen LogP contribution is -2.23. The zero-order chi connectivity index (χ0) is 11.1. The Morgan fingerprint density at radius 2 is 2.07 bits per heavy atom. The van der Waals surface area contributed by atoms with Crippen molar-refractivity contribution in [1.82, 2.24) is 0 Å². The number of esters is 1. The Morgan fingerprint density at radius 1 is 1.33 bits per heavy atom. The second kappa shape index (κ2) is 3.24. The Kier molecular flexibility index (Phi) is 2.16. The molecule has 1 aromatic carbocycles. The molecule has 0 spiro atoms. The first kappa shape index (κ1) is 9.98. The van der Waals surface area contributed by atoms with Gasteiger partial charge in [-0.3, -0.25) is 0 Å². The maximum Gasteiger partial charge on any atom is 0.345 e. The van der Waals surface area contributed by atoms with Gasteiger partial charge in [-0.25, -0.2) is 4.79 Å². The van der Waals surface area contributed by atoms with Crippen LogP contribution in [0, 0.1) is 0 Å². The van der Waals surface area contributed by atoms with Gasteiger partial charge in [0, 0.05) is 19.6 Å². The second-order valence-corrected chi connectivity index (χ2v) is 3.42. The fourth-order valence-corrected chi connectivity index (χ4v) is 1.72. The summed E-state index contributed by atoms with van der Waals surface area (Å²) in [4.78, 5) is 11.6.